The molecule has 0 aliphatic carbocycles. The van der Waals surface area contributed by atoms with Gasteiger partial charge in [-0.05, 0) is 30.1 Å². The van der Waals surface area contributed by atoms with Gasteiger partial charge in [-0.25, -0.2) is 0 Å². The second kappa shape index (κ2) is 6.99. The van der Waals surface area contributed by atoms with Crippen molar-refractivity contribution in [2.75, 3.05) is 0 Å². The fourth-order valence-electron chi connectivity index (χ4n) is 1.26. The first-order chi connectivity index (χ1) is 9.43. The molecule has 1 nitrogen and oxygen atoms in total. The van der Waals surface area contributed by atoms with Crippen molar-refractivity contribution in [1.82, 2.24) is 0 Å². The van der Waals surface area contributed by atoms with Crippen LogP contribution in [-0.2, 0) is 4.79 Å². The van der Waals surface area contributed by atoms with E-state index >= 15 is 0 Å². The zero-order valence-corrected chi connectivity index (χ0v) is 8.89. The van der Waals surface area contributed by atoms with Gasteiger partial charge in [-0.2, -0.15) is 0 Å². The summed E-state index contributed by atoms with van der Waals surface area (Å²) in [4.78, 5) is 11.0. The van der Waals surface area contributed by atoms with E-state index in [9.17, 15) is 4.79 Å². The van der Waals surface area contributed by atoms with Crippen LogP contribution in [0.25, 0.3) is 6.08 Å². The van der Waals surface area contributed by atoms with Crippen molar-refractivity contribution in [3.05, 3.63) is 41.3 Å². The first-order valence-electron chi connectivity index (χ1n) is 7.66. The lowest BCUT2D eigenvalue weighted by atomic mass is 10.1. The van der Waals surface area contributed by atoms with Gasteiger partial charge in [0, 0.05) is 0 Å². The lowest BCUT2D eigenvalue weighted by molar-refractivity contribution is -0.105. The second-order valence-electron chi connectivity index (χ2n) is 3.33. The number of hydrogen-bond donors (Lipinski definition) is 0. The summed E-state index contributed by atoms with van der Waals surface area (Å²) in [5.74, 6) is 0. The largest absolute Gasteiger partial charge is 0.298 e. The SMILES string of the molecule is [2H]c1c([2H])c([2H])c(/C=C(\C=O)CCCCC)c([2H])c1[2H]. The number of allylic oxidation sites excluding steroid dienone is 1. The Kier molecular flexibility index (Phi) is 2.92. The zero-order valence-electron chi connectivity index (χ0n) is 13.9. The van der Waals surface area contributed by atoms with Crippen LogP contribution in [0.15, 0.2) is 35.8 Å². The third kappa shape index (κ3) is 4.59. The van der Waals surface area contributed by atoms with E-state index in [1.54, 1.807) is 0 Å². The highest BCUT2D eigenvalue weighted by Gasteiger charge is 1.95. The van der Waals surface area contributed by atoms with Gasteiger partial charge in [0.05, 0.1) is 6.85 Å². The van der Waals surface area contributed by atoms with Crippen LogP contribution in [0.2, 0.25) is 0 Å². The quantitative estimate of drug-likeness (QED) is 0.393. The number of aldehydes is 1. The molecule has 0 amide bonds. The summed E-state index contributed by atoms with van der Waals surface area (Å²) in [7, 11) is 0. The van der Waals surface area contributed by atoms with Gasteiger partial charge in [0.15, 0.2) is 0 Å². The Balaban J connectivity index is 3.21. The van der Waals surface area contributed by atoms with Crippen molar-refractivity contribution in [1.29, 1.82) is 0 Å². The molecule has 1 rings (SSSR count). The van der Waals surface area contributed by atoms with E-state index in [1.807, 2.05) is 0 Å². The molecular weight excluding hydrogens is 184 g/mol. The molecule has 0 atom stereocenters. The van der Waals surface area contributed by atoms with Crippen molar-refractivity contribution in [3.63, 3.8) is 0 Å². The molecule has 0 fully saturated rings. The molecule has 0 saturated heterocycles. The fraction of sp³-hybridized carbons (Fsp3) is 0.357. The maximum atomic E-state index is 11.0. The van der Waals surface area contributed by atoms with Crippen LogP contribution in [0.5, 0.6) is 0 Å². The van der Waals surface area contributed by atoms with Gasteiger partial charge in [-0.1, -0.05) is 50.0 Å². The Bertz CT molecular complexity index is 508. The standard InChI is InChI=1S/C14H18O/c1-2-3-5-10-14(12-15)11-13-8-6-4-7-9-13/h4,6-9,11-12H,2-3,5,10H2,1H3/b14-11-/i4D,6D,7D,8D,9D. The summed E-state index contributed by atoms with van der Waals surface area (Å²) in [6, 6.07) is -1.72. The average molecular weight is 207 g/mol. The van der Waals surface area contributed by atoms with E-state index in [1.165, 1.54) is 6.08 Å². The molecule has 0 N–H and O–H groups in total. The third-order valence-electron chi connectivity index (χ3n) is 2.07. The van der Waals surface area contributed by atoms with Crippen LogP contribution in [-0.4, -0.2) is 6.29 Å². The van der Waals surface area contributed by atoms with Crippen LogP contribution < -0.4 is 0 Å². The lowest BCUT2D eigenvalue weighted by Gasteiger charge is -1.99. The third-order valence-corrected chi connectivity index (χ3v) is 2.07. The molecule has 1 aromatic carbocycles. The van der Waals surface area contributed by atoms with E-state index in [0.29, 0.717) is 18.3 Å². The molecule has 0 unspecified atom stereocenters. The topological polar surface area (TPSA) is 17.1 Å². The monoisotopic (exact) mass is 207 g/mol. The van der Waals surface area contributed by atoms with Crippen LogP contribution in [0.3, 0.4) is 0 Å². The fourth-order valence-corrected chi connectivity index (χ4v) is 1.26. The number of unbranched alkanes of at least 4 members (excludes halogenated alkanes) is 2. The molecule has 0 radical (unpaired) electrons. The minimum atomic E-state index is -0.421. The van der Waals surface area contributed by atoms with Gasteiger partial charge < -0.3 is 0 Å². The lowest BCUT2D eigenvalue weighted by Crippen LogP contribution is -1.86. The maximum absolute atomic E-state index is 11.0. The first kappa shape index (κ1) is 6.26. The zero-order chi connectivity index (χ0) is 15.3. The number of carbonyl (C=O) groups is 1. The van der Waals surface area contributed by atoms with Crippen LogP contribution in [0.1, 0.15) is 45.0 Å². The second-order valence-corrected chi connectivity index (χ2v) is 3.33. The summed E-state index contributed by atoms with van der Waals surface area (Å²) in [5.41, 5.74) is 0.534. The van der Waals surface area contributed by atoms with Crippen molar-refractivity contribution in [3.8, 4) is 0 Å². The Morgan fingerprint density at radius 2 is 2.07 bits per heavy atom. The summed E-state index contributed by atoms with van der Waals surface area (Å²) >= 11 is 0. The molecule has 15 heavy (non-hydrogen) atoms. The highest BCUT2D eigenvalue weighted by Crippen LogP contribution is 2.11. The van der Waals surface area contributed by atoms with Crippen molar-refractivity contribution in [2.45, 2.75) is 32.6 Å². The molecule has 0 aromatic heterocycles. The van der Waals surface area contributed by atoms with Crippen molar-refractivity contribution < 1.29 is 11.6 Å². The molecular formula is C14H18O. The molecule has 1 aromatic rings. The normalized spacial score (nSPS) is 16.1. The average Bonchev–Trinajstić information content (AvgIpc) is 2.45. The Labute approximate surface area is 98.8 Å². The summed E-state index contributed by atoms with van der Waals surface area (Å²) in [6.07, 6.45) is 5.52. The predicted molar refractivity (Wildman–Crippen MR) is 64.6 cm³/mol. The summed E-state index contributed by atoms with van der Waals surface area (Å²) in [6.45, 7) is 2.06. The smallest absolute Gasteiger partial charge is 0.146 e. The molecule has 0 aliphatic heterocycles. The van der Waals surface area contributed by atoms with Gasteiger partial charge in [0.2, 0.25) is 0 Å². The van der Waals surface area contributed by atoms with Crippen LogP contribution in [0, 0.1) is 0 Å². The van der Waals surface area contributed by atoms with E-state index < -0.39 is 6.04 Å². The van der Waals surface area contributed by atoms with E-state index in [-0.39, 0.29) is 29.7 Å². The molecule has 0 bridgehead atoms. The van der Waals surface area contributed by atoms with Crippen molar-refractivity contribution in [2.24, 2.45) is 0 Å². The number of benzene rings is 1. The molecule has 80 valence electrons. The highest BCUT2D eigenvalue weighted by atomic mass is 16.1. The van der Waals surface area contributed by atoms with Gasteiger partial charge >= 0.3 is 0 Å². The molecule has 1 heteroatoms. The van der Waals surface area contributed by atoms with E-state index in [0.717, 1.165) is 19.3 Å². The minimum absolute atomic E-state index is 0.0783. The van der Waals surface area contributed by atoms with Crippen LogP contribution >= 0.6 is 0 Å². The summed E-state index contributed by atoms with van der Waals surface area (Å²) in [5, 5.41) is 0. The number of hydrogen-bond acceptors (Lipinski definition) is 1. The van der Waals surface area contributed by atoms with Gasteiger partial charge in [0.25, 0.3) is 0 Å². The van der Waals surface area contributed by atoms with Gasteiger partial charge in [-0.3, -0.25) is 4.79 Å². The maximum Gasteiger partial charge on any atom is 0.146 e. The predicted octanol–water partition coefficient (Wildman–Crippen LogP) is 3.85. The molecule has 0 heterocycles. The Morgan fingerprint density at radius 1 is 1.33 bits per heavy atom. The van der Waals surface area contributed by atoms with Gasteiger partial charge in [-0.15, -0.1) is 0 Å². The Hall–Kier alpha value is -1.37. The molecule has 0 saturated carbocycles. The van der Waals surface area contributed by atoms with E-state index in [4.69, 9.17) is 6.85 Å². The van der Waals surface area contributed by atoms with Gasteiger partial charge in [0.1, 0.15) is 6.29 Å². The highest BCUT2D eigenvalue weighted by molar-refractivity contribution is 5.81. The first-order valence-corrected chi connectivity index (χ1v) is 5.16. The summed E-state index contributed by atoms with van der Waals surface area (Å²) < 4.78 is 38.2. The Morgan fingerprint density at radius 3 is 2.67 bits per heavy atom. The van der Waals surface area contributed by atoms with Crippen molar-refractivity contribution >= 4 is 12.4 Å². The molecule has 0 spiro atoms. The number of rotatable bonds is 6. The van der Waals surface area contributed by atoms with Crippen LogP contribution in [0.4, 0.5) is 0 Å². The number of carbonyl (C=O) groups excluding carboxylic acids is 1. The van der Waals surface area contributed by atoms with E-state index in [2.05, 4.69) is 6.92 Å². The molecule has 0 aliphatic rings. The minimum Gasteiger partial charge on any atom is -0.298 e.